The Labute approximate surface area is 93.1 Å². The van der Waals surface area contributed by atoms with Crippen molar-refractivity contribution in [3.05, 3.63) is 0 Å². The molecule has 2 atom stereocenters. The number of likely N-dealkylation sites (tertiary alicyclic amines) is 1. The summed E-state index contributed by atoms with van der Waals surface area (Å²) in [5.41, 5.74) is 0. The van der Waals surface area contributed by atoms with Gasteiger partial charge in [-0.3, -0.25) is 0 Å². The molecule has 1 aliphatic heterocycles. The summed E-state index contributed by atoms with van der Waals surface area (Å²) in [5, 5.41) is 8.66. The van der Waals surface area contributed by atoms with E-state index in [-0.39, 0.29) is 18.9 Å². The number of alkyl halides is 1. The van der Waals surface area contributed by atoms with Crippen molar-refractivity contribution in [2.24, 2.45) is 5.92 Å². The number of halogens is 1. The van der Waals surface area contributed by atoms with Gasteiger partial charge in [0.25, 0.3) is 10.1 Å². The van der Waals surface area contributed by atoms with Crippen LogP contribution in [0, 0.1) is 5.92 Å². The van der Waals surface area contributed by atoms with Crippen molar-refractivity contribution in [2.75, 3.05) is 19.3 Å². The largest absolute Gasteiger partial charge is 0.465 e. The molecule has 0 spiro atoms. The van der Waals surface area contributed by atoms with Crippen LogP contribution in [0.2, 0.25) is 0 Å². The highest BCUT2D eigenvalue weighted by Crippen LogP contribution is 2.23. The maximum Gasteiger partial charge on any atom is 0.407 e. The molecular formula is C8H14FNO5S. The Morgan fingerprint density at radius 2 is 2.31 bits per heavy atom. The number of rotatable bonds is 4. The molecule has 0 saturated carbocycles. The maximum atomic E-state index is 13.1. The van der Waals surface area contributed by atoms with Gasteiger partial charge < -0.3 is 10.0 Å². The molecule has 0 aromatic rings. The predicted octanol–water partition coefficient (Wildman–Crippen LogP) is 0.648. The van der Waals surface area contributed by atoms with Gasteiger partial charge in [-0.25, -0.2) is 13.4 Å². The zero-order valence-corrected chi connectivity index (χ0v) is 9.61. The van der Waals surface area contributed by atoms with Gasteiger partial charge in [0.05, 0.1) is 6.26 Å². The first-order valence-corrected chi connectivity index (χ1v) is 6.60. The molecular weight excluding hydrogens is 241 g/mol. The second kappa shape index (κ2) is 4.96. The standard InChI is InChI=1S/C8H14FNO5S/c1-16(13,14)15-7(9)4-6-2-3-10(5-6)8(11)12/h6-7H,2-5H2,1H3,(H,11,12)/t6-,7?/m0/s1. The van der Waals surface area contributed by atoms with Crippen molar-refractivity contribution in [1.82, 2.24) is 4.90 Å². The van der Waals surface area contributed by atoms with Crippen molar-refractivity contribution in [1.29, 1.82) is 0 Å². The van der Waals surface area contributed by atoms with Gasteiger partial charge in [0.1, 0.15) is 0 Å². The van der Waals surface area contributed by atoms with Gasteiger partial charge in [0.2, 0.25) is 6.36 Å². The average molecular weight is 255 g/mol. The number of nitrogens with zero attached hydrogens (tertiary/aromatic N) is 1. The van der Waals surface area contributed by atoms with Crippen LogP contribution < -0.4 is 0 Å². The fourth-order valence-corrected chi connectivity index (χ4v) is 2.15. The molecule has 1 rings (SSSR count). The minimum Gasteiger partial charge on any atom is -0.465 e. The third-order valence-electron chi connectivity index (χ3n) is 2.35. The molecule has 0 aromatic carbocycles. The molecule has 0 aromatic heterocycles. The highest BCUT2D eigenvalue weighted by atomic mass is 32.2. The van der Waals surface area contributed by atoms with E-state index in [1.54, 1.807) is 0 Å². The summed E-state index contributed by atoms with van der Waals surface area (Å²) in [7, 11) is -3.80. The smallest absolute Gasteiger partial charge is 0.407 e. The van der Waals surface area contributed by atoms with Gasteiger partial charge in [-0.2, -0.15) is 8.42 Å². The highest BCUT2D eigenvalue weighted by molar-refractivity contribution is 7.86. The minimum atomic E-state index is -3.80. The van der Waals surface area contributed by atoms with Gasteiger partial charge in [-0.05, 0) is 12.3 Å². The SMILES string of the molecule is CS(=O)(=O)OC(F)C[C@@H]1CCN(C(=O)O)C1. The molecule has 0 aliphatic carbocycles. The van der Waals surface area contributed by atoms with Crippen LogP contribution >= 0.6 is 0 Å². The van der Waals surface area contributed by atoms with E-state index >= 15 is 0 Å². The molecule has 16 heavy (non-hydrogen) atoms. The molecule has 0 bridgehead atoms. The molecule has 0 radical (unpaired) electrons. The first-order chi connectivity index (χ1) is 7.28. The third kappa shape index (κ3) is 4.31. The second-order valence-corrected chi connectivity index (χ2v) is 5.43. The molecule has 1 unspecified atom stereocenters. The quantitative estimate of drug-likeness (QED) is 0.745. The molecule has 1 heterocycles. The molecule has 1 aliphatic rings. The lowest BCUT2D eigenvalue weighted by atomic mass is 10.1. The Balaban J connectivity index is 2.37. The zero-order chi connectivity index (χ0) is 12.3. The van der Waals surface area contributed by atoms with Gasteiger partial charge in [0, 0.05) is 19.5 Å². The lowest BCUT2D eigenvalue weighted by Gasteiger charge is -2.14. The van der Waals surface area contributed by atoms with E-state index in [1.807, 2.05) is 0 Å². The molecule has 6 nitrogen and oxygen atoms in total. The Kier molecular flexibility index (Phi) is 4.09. The average Bonchev–Trinajstić information content (AvgIpc) is 2.48. The van der Waals surface area contributed by atoms with Crippen molar-refractivity contribution < 1.29 is 26.9 Å². The van der Waals surface area contributed by atoms with Crippen LogP contribution in [0.3, 0.4) is 0 Å². The van der Waals surface area contributed by atoms with Crippen LogP contribution in [0.15, 0.2) is 0 Å². The second-order valence-electron chi connectivity index (χ2n) is 3.83. The third-order valence-corrected chi connectivity index (χ3v) is 2.91. The number of carbonyl (C=O) groups is 1. The normalized spacial score (nSPS) is 23.4. The molecule has 1 fully saturated rings. The Bertz CT molecular complexity index is 357. The minimum absolute atomic E-state index is 0.100. The van der Waals surface area contributed by atoms with Crippen LogP contribution in [-0.2, 0) is 14.3 Å². The van der Waals surface area contributed by atoms with Gasteiger partial charge in [-0.15, -0.1) is 0 Å². The van der Waals surface area contributed by atoms with Crippen LogP contribution in [0.1, 0.15) is 12.8 Å². The van der Waals surface area contributed by atoms with E-state index in [0.717, 1.165) is 6.26 Å². The van der Waals surface area contributed by atoms with Crippen LogP contribution in [0.4, 0.5) is 9.18 Å². The number of carboxylic acid groups (broad SMARTS) is 1. The number of amides is 1. The molecule has 1 saturated heterocycles. The van der Waals surface area contributed by atoms with Crippen LogP contribution in [0.5, 0.6) is 0 Å². The van der Waals surface area contributed by atoms with Crippen molar-refractivity contribution in [3.8, 4) is 0 Å². The van der Waals surface area contributed by atoms with Gasteiger partial charge in [0.15, 0.2) is 0 Å². The lowest BCUT2D eigenvalue weighted by molar-refractivity contribution is 0.0518. The van der Waals surface area contributed by atoms with E-state index in [9.17, 15) is 17.6 Å². The number of hydrogen-bond donors (Lipinski definition) is 1. The predicted molar refractivity (Wildman–Crippen MR) is 53.1 cm³/mol. The van der Waals surface area contributed by atoms with E-state index < -0.39 is 22.6 Å². The topological polar surface area (TPSA) is 83.9 Å². The lowest BCUT2D eigenvalue weighted by Crippen LogP contribution is -2.27. The van der Waals surface area contributed by atoms with Gasteiger partial charge in [-0.1, -0.05) is 0 Å². The van der Waals surface area contributed by atoms with E-state index in [0.29, 0.717) is 13.0 Å². The Morgan fingerprint density at radius 1 is 1.69 bits per heavy atom. The molecule has 1 amide bonds. The van der Waals surface area contributed by atoms with E-state index in [1.165, 1.54) is 4.90 Å². The molecule has 1 N–H and O–H groups in total. The first-order valence-electron chi connectivity index (χ1n) is 4.78. The van der Waals surface area contributed by atoms with Gasteiger partial charge >= 0.3 is 6.09 Å². The highest BCUT2D eigenvalue weighted by Gasteiger charge is 2.29. The monoisotopic (exact) mass is 255 g/mol. The van der Waals surface area contributed by atoms with Crippen molar-refractivity contribution in [2.45, 2.75) is 19.2 Å². The van der Waals surface area contributed by atoms with Crippen molar-refractivity contribution >= 4 is 16.2 Å². The van der Waals surface area contributed by atoms with E-state index in [4.69, 9.17) is 5.11 Å². The summed E-state index contributed by atoms with van der Waals surface area (Å²) in [6, 6.07) is 0. The zero-order valence-electron chi connectivity index (χ0n) is 8.80. The summed E-state index contributed by atoms with van der Waals surface area (Å²) in [5.74, 6) is -0.187. The Morgan fingerprint density at radius 3 is 2.75 bits per heavy atom. The summed E-state index contributed by atoms with van der Waals surface area (Å²) in [6.45, 7) is 0.578. The van der Waals surface area contributed by atoms with Crippen LogP contribution in [-0.4, -0.2) is 50.2 Å². The van der Waals surface area contributed by atoms with Crippen LogP contribution in [0.25, 0.3) is 0 Å². The fourth-order valence-electron chi connectivity index (χ4n) is 1.69. The Hall–Kier alpha value is -0.890. The maximum absolute atomic E-state index is 13.1. The van der Waals surface area contributed by atoms with E-state index in [2.05, 4.69) is 4.18 Å². The summed E-state index contributed by atoms with van der Waals surface area (Å²) >= 11 is 0. The fraction of sp³-hybridized carbons (Fsp3) is 0.875. The summed E-state index contributed by atoms with van der Waals surface area (Å²) < 4.78 is 38.5. The first kappa shape index (κ1) is 13.2. The summed E-state index contributed by atoms with van der Waals surface area (Å²) in [4.78, 5) is 11.7. The summed E-state index contributed by atoms with van der Waals surface area (Å²) in [6.07, 6.45) is -1.73. The number of hydrogen-bond acceptors (Lipinski definition) is 4. The molecule has 8 heteroatoms. The molecule has 94 valence electrons. The van der Waals surface area contributed by atoms with Crippen molar-refractivity contribution in [3.63, 3.8) is 0 Å².